The number of aromatic nitrogens is 2. The summed E-state index contributed by atoms with van der Waals surface area (Å²) in [6.07, 6.45) is -0.343. The number of primary amides is 1. The van der Waals surface area contributed by atoms with Gasteiger partial charge in [0.15, 0.2) is 0 Å². The first kappa shape index (κ1) is 21.8. The molecule has 2 fully saturated rings. The van der Waals surface area contributed by atoms with Crippen LogP contribution in [0.1, 0.15) is 13.3 Å². The van der Waals surface area contributed by atoms with Crippen molar-refractivity contribution in [2.24, 2.45) is 5.73 Å². The molecular formula is C22H29N7O3. The minimum absolute atomic E-state index is 0.232. The molecule has 1 aromatic carbocycles. The van der Waals surface area contributed by atoms with Gasteiger partial charge >= 0.3 is 6.09 Å². The Morgan fingerprint density at radius 3 is 2.59 bits per heavy atom. The molecule has 3 N–H and O–H groups in total. The number of ether oxygens (including phenoxy) is 1. The van der Waals surface area contributed by atoms with E-state index in [1.54, 1.807) is 6.92 Å². The molecule has 2 saturated heterocycles. The number of carbonyl (C=O) groups is 2. The van der Waals surface area contributed by atoms with Crippen LogP contribution in [0.15, 0.2) is 30.4 Å². The standard InChI is InChI=1S/C22H29N7O3/c1-14(2)20(30)24-15-4-5-17-18(12-15)25-22(28-10-8-27(3)9-11-28)26-19(17)29-7-6-16(13-29)32-21(23)31/h4-5,12,16H,1,6-11,13H2,2-3H3,(H2,23,31)(H,24,30). The highest BCUT2D eigenvalue weighted by atomic mass is 16.6. The number of nitrogens with one attached hydrogen (secondary N) is 1. The van der Waals surface area contributed by atoms with Crippen LogP contribution in [0.2, 0.25) is 0 Å². The normalized spacial score (nSPS) is 19.2. The van der Waals surface area contributed by atoms with Gasteiger partial charge in [-0.15, -0.1) is 0 Å². The van der Waals surface area contributed by atoms with E-state index in [9.17, 15) is 9.59 Å². The second-order valence-electron chi connectivity index (χ2n) is 8.40. The lowest BCUT2D eigenvalue weighted by molar-refractivity contribution is -0.112. The summed E-state index contributed by atoms with van der Waals surface area (Å²) in [4.78, 5) is 39.5. The van der Waals surface area contributed by atoms with Crippen LogP contribution in [0.4, 0.5) is 22.2 Å². The molecule has 4 rings (SSSR count). The third kappa shape index (κ3) is 4.75. The Morgan fingerprint density at radius 1 is 1.16 bits per heavy atom. The molecule has 170 valence electrons. The monoisotopic (exact) mass is 439 g/mol. The van der Waals surface area contributed by atoms with E-state index in [0.717, 1.165) is 42.9 Å². The number of anilines is 3. The predicted octanol–water partition coefficient (Wildman–Crippen LogP) is 1.57. The van der Waals surface area contributed by atoms with Gasteiger partial charge in [-0.1, -0.05) is 6.58 Å². The van der Waals surface area contributed by atoms with Gasteiger partial charge in [0.05, 0.1) is 12.1 Å². The lowest BCUT2D eigenvalue weighted by Gasteiger charge is -2.33. The van der Waals surface area contributed by atoms with Crippen molar-refractivity contribution in [1.82, 2.24) is 14.9 Å². The van der Waals surface area contributed by atoms with Crippen molar-refractivity contribution in [3.8, 4) is 0 Å². The van der Waals surface area contributed by atoms with Gasteiger partial charge in [0, 0.05) is 55.8 Å². The Kier molecular flexibility index (Phi) is 6.13. The highest BCUT2D eigenvalue weighted by molar-refractivity contribution is 6.04. The van der Waals surface area contributed by atoms with Crippen LogP contribution in [0.3, 0.4) is 0 Å². The van der Waals surface area contributed by atoms with E-state index < -0.39 is 6.09 Å². The van der Waals surface area contributed by atoms with Gasteiger partial charge in [-0.05, 0) is 32.2 Å². The number of nitrogens with zero attached hydrogens (tertiary/aromatic N) is 5. The highest BCUT2D eigenvalue weighted by Gasteiger charge is 2.28. The van der Waals surface area contributed by atoms with Crippen molar-refractivity contribution in [3.05, 3.63) is 30.4 Å². The number of amides is 2. The molecule has 10 nitrogen and oxygen atoms in total. The molecule has 2 amide bonds. The van der Waals surface area contributed by atoms with Crippen LogP contribution in [0, 0.1) is 0 Å². The first-order chi connectivity index (χ1) is 15.3. The number of benzene rings is 1. The maximum absolute atomic E-state index is 12.1. The second kappa shape index (κ2) is 8.99. The number of rotatable bonds is 5. The largest absolute Gasteiger partial charge is 0.444 e. The molecule has 1 unspecified atom stereocenters. The van der Waals surface area contributed by atoms with Crippen LogP contribution in [0.5, 0.6) is 0 Å². The highest BCUT2D eigenvalue weighted by Crippen LogP contribution is 2.31. The zero-order valence-corrected chi connectivity index (χ0v) is 18.5. The van der Waals surface area contributed by atoms with E-state index >= 15 is 0 Å². The number of likely N-dealkylation sites (N-methyl/N-ethyl adjacent to an activating group) is 1. The summed E-state index contributed by atoms with van der Waals surface area (Å²) in [6, 6.07) is 5.60. The Labute approximate surface area is 187 Å². The summed E-state index contributed by atoms with van der Waals surface area (Å²) in [5.74, 6) is 1.21. The number of nitrogens with two attached hydrogens (primary N) is 1. The number of carbonyl (C=O) groups excluding carboxylic acids is 2. The molecule has 1 aromatic heterocycles. The van der Waals surface area contributed by atoms with Crippen LogP contribution in [-0.2, 0) is 9.53 Å². The molecule has 2 aromatic rings. The number of hydrogen-bond acceptors (Lipinski definition) is 8. The average Bonchev–Trinajstić information content (AvgIpc) is 3.20. The van der Waals surface area contributed by atoms with Gasteiger partial charge in [0.2, 0.25) is 5.95 Å². The van der Waals surface area contributed by atoms with E-state index in [0.29, 0.717) is 36.7 Å². The molecule has 10 heteroatoms. The zero-order valence-electron chi connectivity index (χ0n) is 18.5. The Morgan fingerprint density at radius 2 is 1.91 bits per heavy atom. The van der Waals surface area contributed by atoms with Crippen LogP contribution in [0.25, 0.3) is 10.9 Å². The molecular weight excluding hydrogens is 410 g/mol. The predicted molar refractivity (Wildman–Crippen MR) is 124 cm³/mol. The summed E-state index contributed by atoms with van der Waals surface area (Å²) in [7, 11) is 2.10. The van der Waals surface area contributed by atoms with Crippen molar-refractivity contribution >= 4 is 40.4 Å². The van der Waals surface area contributed by atoms with Gasteiger partial charge in [-0.25, -0.2) is 9.78 Å². The third-order valence-electron chi connectivity index (χ3n) is 5.82. The van der Waals surface area contributed by atoms with E-state index in [-0.39, 0.29) is 12.0 Å². The van der Waals surface area contributed by atoms with Crippen molar-refractivity contribution < 1.29 is 14.3 Å². The average molecular weight is 440 g/mol. The van der Waals surface area contributed by atoms with Crippen molar-refractivity contribution in [2.75, 3.05) is 61.4 Å². The molecule has 1 atom stereocenters. The summed E-state index contributed by atoms with van der Waals surface area (Å²) in [5.41, 5.74) is 7.02. The summed E-state index contributed by atoms with van der Waals surface area (Å²) >= 11 is 0. The fourth-order valence-electron chi connectivity index (χ4n) is 3.99. The van der Waals surface area contributed by atoms with Crippen LogP contribution >= 0.6 is 0 Å². The third-order valence-corrected chi connectivity index (χ3v) is 5.82. The lowest BCUT2D eigenvalue weighted by atomic mass is 10.2. The number of fused-ring (bicyclic) bond motifs is 1. The van der Waals surface area contributed by atoms with E-state index in [4.69, 9.17) is 20.4 Å². The number of piperazine rings is 1. The fraction of sp³-hybridized carbons (Fsp3) is 0.455. The molecule has 0 spiro atoms. The maximum atomic E-state index is 12.1. The van der Waals surface area contributed by atoms with Crippen LogP contribution in [-0.4, -0.2) is 79.3 Å². The summed E-state index contributed by atoms with van der Waals surface area (Å²) in [5, 5.41) is 3.72. The van der Waals surface area contributed by atoms with Gasteiger partial charge in [-0.3, -0.25) is 4.79 Å². The Bertz CT molecular complexity index is 1050. The second-order valence-corrected chi connectivity index (χ2v) is 8.40. The Hall–Kier alpha value is -3.40. The molecule has 0 radical (unpaired) electrons. The smallest absolute Gasteiger partial charge is 0.404 e. The molecule has 32 heavy (non-hydrogen) atoms. The van der Waals surface area contributed by atoms with Gasteiger partial charge < -0.3 is 30.5 Å². The Balaban J connectivity index is 1.70. The quantitative estimate of drug-likeness (QED) is 0.675. The van der Waals surface area contributed by atoms with Gasteiger partial charge in [0.1, 0.15) is 11.9 Å². The minimum Gasteiger partial charge on any atom is -0.444 e. The zero-order chi connectivity index (χ0) is 22.8. The van der Waals surface area contributed by atoms with E-state index in [2.05, 4.69) is 33.6 Å². The first-order valence-electron chi connectivity index (χ1n) is 10.7. The minimum atomic E-state index is -0.764. The molecule has 0 bridgehead atoms. The summed E-state index contributed by atoms with van der Waals surface area (Å²) < 4.78 is 5.20. The van der Waals surface area contributed by atoms with Crippen LogP contribution < -0.4 is 20.9 Å². The maximum Gasteiger partial charge on any atom is 0.404 e. The van der Waals surface area contributed by atoms with E-state index in [1.165, 1.54) is 0 Å². The molecule has 3 heterocycles. The van der Waals surface area contributed by atoms with Gasteiger partial charge in [0.25, 0.3) is 5.91 Å². The molecule has 2 aliphatic rings. The molecule has 2 aliphatic heterocycles. The fourth-order valence-corrected chi connectivity index (χ4v) is 3.99. The van der Waals surface area contributed by atoms with Crippen molar-refractivity contribution in [2.45, 2.75) is 19.4 Å². The molecule has 0 saturated carbocycles. The molecule has 0 aliphatic carbocycles. The van der Waals surface area contributed by atoms with Crippen molar-refractivity contribution in [3.63, 3.8) is 0 Å². The van der Waals surface area contributed by atoms with Gasteiger partial charge in [-0.2, -0.15) is 4.98 Å². The first-order valence-corrected chi connectivity index (χ1v) is 10.7. The SMILES string of the molecule is C=C(C)C(=O)Nc1ccc2c(N3CCC(OC(N)=O)C3)nc(N3CCN(C)CC3)nc2c1. The number of hydrogen-bond donors (Lipinski definition) is 2. The summed E-state index contributed by atoms with van der Waals surface area (Å²) in [6.45, 7) is 10.1. The van der Waals surface area contributed by atoms with Crippen molar-refractivity contribution in [1.29, 1.82) is 0 Å². The lowest BCUT2D eigenvalue weighted by Crippen LogP contribution is -2.45. The topological polar surface area (TPSA) is 117 Å². The van der Waals surface area contributed by atoms with E-state index in [1.807, 2.05) is 18.2 Å².